The van der Waals surface area contributed by atoms with Gasteiger partial charge in [-0.25, -0.2) is 8.78 Å². The van der Waals surface area contributed by atoms with Gasteiger partial charge in [0.15, 0.2) is 0 Å². The van der Waals surface area contributed by atoms with Crippen LogP contribution in [0.1, 0.15) is 24.0 Å². The van der Waals surface area contributed by atoms with Crippen LogP contribution in [0.2, 0.25) is 0 Å². The summed E-state index contributed by atoms with van der Waals surface area (Å²) >= 11 is 0. The third kappa shape index (κ3) is 1.90. The van der Waals surface area contributed by atoms with Gasteiger partial charge in [-0.1, -0.05) is 6.07 Å². The van der Waals surface area contributed by atoms with Crippen LogP contribution in [0.15, 0.2) is 18.2 Å². The number of ether oxygens (including phenoxy) is 1. The summed E-state index contributed by atoms with van der Waals surface area (Å²) in [6.07, 6.45) is -0.319. The molecule has 1 unspecified atom stereocenters. The summed E-state index contributed by atoms with van der Waals surface area (Å²) in [7, 11) is 3.15. The molecule has 94 valence electrons. The number of aryl methyl sites for hydroxylation is 1. The van der Waals surface area contributed by atoms with Gasteiger partial charge in [-0.05, 0) is 49.6 Å². The third-order valence-electron chi connectivity index (χ3n) is 3.63. The van der Waals surface area contributed by atoms with Gasteiger partial charge in [-0.3, -0.25) is 0 Å². The Hall–Kier alpha value is -1.16. The molecular weight excluding hydrogens is 224 g/mol. The predicted octanol–water partition coefficient (Wildman–Crippen LogP) is 2.71. The topological polar surface area (TPSA) is 21.3 Å². The van der Waals surface area contributed by atoms with Gasteiger partial charge in [0, 0.05) is 0 Å². The van der Waals surface area contributed by atoms with Crippen molar-refractivity contribution in [1.29, 1.82) is 0 Å². The summed E-state index contributed by atoms with van der Waals surface area (Å²) in [6.45, 7) is 0. The molecule has 0 aromatic heterocycles. The highest BCUT2D eigenvalue weighted by Crippen LogP contribution is 2.41. The van der Waals surface area contributed by atoms with E-state index < -0.39 is 12.0 Å². The van der Waals surface area contributed by atoms with Crippen LogP contribution in [0.25, 0.3) is 0 Å². The maximum Gasteiger partial charge on any atom is 0.260 e. The summed E-state index contributed by atoms with van der Waals surface area (Å²) in [5.41, 5.74) is 0.453. The van der Waals surface area contributed by atoms with E-state index in [2.05, 4.69) is 5.32 Å². The molecule has 4 heteroatoms. The van der Waals surface area contributed by atoms with Crippen LogP contribution in [-0.4, -0.2) is 20.6 Å². The van der Waals surface area contributed by atoms with Crippen molar-refractivity contribution < 1.29 is 13.5 Å². The van der Waals surface area contributed by atoms with Crippen molar-refractivity contribution in [2.24, 2.45) is 0 Å². The van der Waals surface area contributed by atoms with Crippen LogP contribution >= 0.6 is 0 Å². The molecule has 2 nitrogen and oxygen atoms in total. The van der Waals surface area contributed by atoms with Crippen LogP contribution in [0.3, 0.4) is 0 Å². The standard InChI is InChI=1S/C13H17F2NO/c1-16-13(12(14)15)7-3-4-9-5-6-10(17-2)8-11(9)13/h5-6,8,12,16H,3-4,7H2,1-2H3. The lowest BCUT2D eigenvalue weighted by Gasteiger charge is -2.38. The molecular formula is C13H17F2NO. The normalized spacial score (nSPS) is 23.6. The monoisotopic (exact) mass is 241 g/mol. The van der Waals surface area contributed by atoms with Crippen LogP contribution in [-0.2, 0) is 12.0 Å². The highest BCUT2D eigenvalue weighted by Gasteiger charge is 2.43. The van der Waals surface area contributed by atoms with Gasteiger partial charge >= 0.3 is 0 Å². The quantitative estimate of drug-likeness (QED) is 0.878. The van der Waals surface area contributed by atoms with Crippen molar-refractivity contribution in [3.05, 3.63) is 29.3 Å². The van der Waals surface area contributed by atoms with Gasteiger partial charge in [0.1, 0.15) is 11.3 Å². The number of rotatable bonds is 3. The minimum Gasteiger partial charge on any atom is -0.497 e. The predicted molar refractivity (Wildman–Crippen MR) is 62.7 cm³/mol. The van der Waals surface area contributed by atoms with Crippen LogP contribution in [0.4, 0.5) is 8.78 Å². The number of benzene rings is 1. The lowest BCUT2D eigenvalue weighted by atomic mass is 9.76. The van der Waals surface area contributed by atoms with Crippen molar-refractivity contribution >= 4 is 0 Å². The molecule has 1 aromatic carbocycles. The highest BCUT2D eigenvalue weighted by molar-refractivity contribution is 5.42. The van der Waals surface area contributed by atoms with Crippen molar-refractivity contribution in [1.82, 2.24) is 5.32 Å². The fraction of sp³-hybridized carbons (Fsp3) is 0.538. The molecule has 0 heterocycles. The van der Waals surface area contributed by atoms with Crippen molar-refractivity contribution in [2.45, 2.75) is 31.2 Å². The lowest BCUT2D eigenvalue weighted by molar-refractivity contribution is 0.0208. The van der Waals surface area contributed by atoms with Gasteiger partial charge in [0.2, 0.25) is 0 Å². The molecule has 0 spiro atoms. The molecule has 0 amide bonds. The van der Waals surface area contributed by atoms with Crippen LogP contribution in [0, 0.1) is 0 Å². The van der Waals surface area contributed by atoms with Gasteiger partial charge in [0.25, 0.3) is 6.43 Å². The molecule has 1 aliphatic carbocycles. The average Bonchev–Trinajstić information content (AvgIpc) is 2.37. The van der Waals surface area contributed by atoms with E-state index in [0.29, 0.717) is 17.7 Å². The van der Waals surface area contributed by atoms with Crippen molar-refractivity contribution in [2.75, 3.05) is 14.2 Å². The summed E-state index contributed by atoms with van der Waals surface area (Å²) in [6, 6.07) is 5.45. The Kier molecular flexibility index (Phi) is 3.33. The fourth-order valence-corrected chi connectivity index (χ4v) is 2.60. The number of hydrogen-bond acceptors (Lipinski definition) is 2. The Balaban J connectivity index is 2.54. The number of halogens is 2. The SMILES string of the molecule is CNC1(C(F)F)CCCc2ccc(OC)cc21. The van der Waals surface area contributed by atoms with E-state index in [1.807, 2.05) is 12.1 Å². The summed E-state index contributed by atoms with van der Waals surface area (Å²) < 4.78 is 31.9. The number of methoxy groups -OCH3 is 1. The Morgan fingerprint density at radius 1 is 1.41 bits per heavy atom. The summed E-state index contributed by atoms with van der Waals surface area (Å²) in [4.78, 5) is 0. The van der Waals surface area contributed by atoms with Crippen LogP contribution in [0.5, 0.6) is 5.75 Å². The molecule has 1 atom stereocenters. The molecule has 1 aromatic rings. The zero-order valence-electron chi connectivity index (χ0n) is 10.1. The van der Waals surface area contributed by atoms with E-state index in [-0.39, 0.29) is 0 Å². The van der Waals surface area contributed by atoms with E-state index in [9.17, 15) is 8.78 Å². The second kappa shape index (κ2) is 4.61. The Morgan fingerprint density at radius 2 is 2.18 bits per heavy atom. The number of hydrogen-bond donors (Lipinski definition) is 1. The van der Waals surface area contributed by atoms with Gasteiger partial charge in [-0.15, -0.1) is 0 Å². The molecule has 17 heavy (non-hydrogen) atoms. The van der Waals surface area contributed by atoms with Gasteiger partial charge < -0.3 is 10.1 Å². The van der Waals surface area contributed by atoms with Crippen molar-refractivity contribution in [3.8, 4) is 5.75 Å². The molecule has 0 saturated heterocycles. The molecule has 1 N–H and O–H groups in total. The number of fused-ring (bicyclic) bond motifs is 1. The molecule has 2 rings (SSSR count). The Bertz CT molecular complexity index is 408. The molecule has 0 bridgehead atoms. The van der Waals surface area contributed by atoms with Crippen molar-refractivity contribution in [3.63, 3.8) is 0 Å². The minimum atomic E-state index is -2.42. The average molecular weight is 241 g/mol. The van der Waals surface area contributed by atoms with E-state index in [4.69, 9.17) is 4.74 Å². The summed E-state index contributed by atoms with van der Waals surface area (Å²) in [5.74, 6) is 0.630. The zero-order valence-corrected chi connectivity index (χ0v) is 10.1. The summed E-state index contributed by atoms with van der Waals surface area (Å²) in [5, 5.41) is 2.82. The first kappa shape index (κ1) is 12.3. The third-order valence-corrected chi connectivity index (χ3v) is 3.63. The number of alkyl halides is 2. The van der Waals surface area contributed by atoms with E-state index >= 15 is 0 Å². The Morgan fingerprint density at radius 3 is 2.76 bits per heavy atom. The first-order chi connectivity index (χ1) is 8.14. The lowest BCUT2D eigenvalue weighted by Crippen LogP contribution is -2.48. The minimum absolute atomic E-state index is 0.460. The Labute approximate surface area is 100.0 Å². The maximum absolute atomic E-state index is 13.4. The zero-order chi connectivity index (χ0) is 12.5. The van der Waals surface area contributed by atoms with Gasteiger partial charge in [-0.2, -0.15) is 0 Å². The second-order valence-corrected chi connectivity index (χ2v) is 4.40. The van der Waals surface area contributed by atoms with E-state index in [1.54, 1.807) is 20.2 Å². The number of nitrogens with one attached hydrogen (secondary N) is 1. The van der Waals surface area contributed by atoms with E-state index in [1.165, 1.54) is 0 Å². The molecule has 0 aliphatic heterocycles. The fourth-order valence-electron chi connectivity index (χ4n) is 2.60. The molecule has 1 aliphatic rings. The maximum atomic E-state index is 13.4. The second-order valence-electron chi connectivity index (χ2n) is 4.40. The van der Waals surface area contributed by atoms with Crippen LogP contribution < -0.4 is 10.1 Å². The molecule has 0 fully saturated rings. The van der Waals surface area contributed by atoms with E-state index in [0.717, 1.165) is 18.4 Å². The first-order valence-corrected chi connectivity index (χ1v) is 5.78. The molecule has 0 saturated carbocycles. The smallest absolute Gasteiger partial charge is 0.260 e. The largest absolute Gasteiger partial charge is 0.497 e. The molecule has 0 radical (unpaired) electrons. The van der Waals surface area contributed by atoms with Gasteiger partial charge in [0.05, 0.1) is 7.11 Å². The highest BCUT2D eigenvalue weighted by atomic mass is 19.3. The first-order valence-electron chi connectivity index (χ1n) is 5.78.